The van der Waals surface area contributed by atoms with Gasteiger partial charge in [-0.05, 0) is 25.0 Å². The number of amides is 1. The molecule has 1 saturated heterocycles. The van der Waals surface area contributed by atoms with Gasteiger partial charge in [0.1, 0.15) is 10.7 Å². The van der Waals surface area contributed by atoms with E-state index in [2.05, 4.69) is 20.3 Å². The van der Waals surface area contributed by atoms with Crippen LogP contribution in [0.25, 0.3) is 10.7 Å². The minimum Gasteiger partial charge on any atom is -0.373 e. The van der Waals surface area contributed by atoms with Gasteiger partial charge in [-0.3, -0.25) is 14.8 Å². The van der Waals surface area contributed by atoms with Crippen molar-refractivity contribution in [1.29, 1.82) is 0 Å². The maximum Gasteiger partial charge on any atom is 0.261 e. The number of thiazole rings is 1. The summed E-state index contributed by atoms with van der Waals surface area (Å²) in [7, 11) is 0. The monoisotopic (exact) mass is 372 g/mol. The summed E-state index contributed by atoms with van der Waals surface area (Å²) in [4.78, 5) is 26.9. The highest BCUT2D eigenvalue weighted by Crippen LogP contribution is 2.33. The van der Waals surface area contributed by atoms with Crippen molar-refractivity contribution < 1.29 is 9.53 Å². The van der Waals surface area contributed by atoms with Crippen molar-refractivity contribution >= 4 is 28.6 Å². The lowest BCUT2D eigenvalue weighted by Crippen LogP contribution is -2.21. The Morgan fingerprint density at radius 1 is 1.36 bits per heavy atom. The van der Waals surface area contributed by atoms with Gasteiger partial charge in [-0.2, -0.15) is 0 Å². The van der Waals surface area contributed by atoms with Crippen molar-refractivity contribution in [3.8, 4) is 10.7 Å². The van der Waals surface area contributed by atoms with Crippen LogP contribution in [0.4, 0.5) is 0 Å². The standard InChI is InChI=1S/C17H16N4O2S2/c22-16(15-4-3-14(25-15)13-2-1-7-23-13)20-8-11-10-24-17(21-11)12-9-18-5-6-19-12/h3-6,9-10,13H,1-2,7-8H2,(H,20,22)/t13-/m0/s1. The lowest BCUT2D eigenvalue weighted by atomic mass is 10.2. The summed E-state index contributed by atoms with van der Waals surface area (Å²) in [6, 6.07) is 3.85. The molecule has 0 spiro atoms. The van der Waals surface area contributed by atoms with Crippen LogP contribution in [-0.4, -0.2) is 27.5 Å². The Labute approximate surface area is 152 Å². The number of ether oxygens (including phenoxy) is 1. The molecule has 0 saturated carbocycles. The molecular weight excluding hydrogens is 356 g/mol. The van der Waals surface area contributed by atoms with Crippen LogP contribution in [0.1, 0.15) is 39.2 Å². The summed E-state index contributed by atoms with van der Waals surface area (Å²) in [5.74, 6) is -0.0803. The molecule has 0 aliphatic carbocycles. The van der Waals surface area contributed by atoms with Gasteiger partial charge < -0.3 is 10.1 Å². The number of hydrogen-bond donors (Lipinski definition) is 1. The van der Waals surface area contributed by atoms with Crippen LogP contribution in [0.15, 0.2) is 36.1 Å². The third kappa shape index (κ3) is 3.76. The van der Waals surface area contributed by atoms with E-state index in [1.54, 1.807) is 18.6 Å². The number of rotatable bonds is 5. The number of hydrogen-bond acceptors (Lipinski definition) is 7. The Bertz CT molecular complexity index is 856. The second-order valence-corrected chi connectivity index (χ2v) is 7.59. The van der Waals surface area contributed by atoms with Gasteiger partial charge in [-0.15, -0.1) is 22.7 Å². The second-order valence-electron chi connectivity index (χ2n) is 5.62. The van der Waals surface area contributed by atoms with Crippen LogP contribution >= 0.6 is 22.7 Å². The molecule has 1 atom stereocenters. The van der Waals surface area contributed by atoms with Crippen LogP contribution in [-0.2, 0) is 11.3 Å². The van der Waals surface area contributed by atoms with Crippen molar-refractivity contribution in [2.75, 3.05) is 6.61 Å². The summed E-state index contributed by atoms with van der Waals surface area (Å²) < 4.78 is 5.67. The van der Waals surface area contributed by atoms with Gasteiger partial charge in [0, 0.05) is 29.3 Å². The minimum absolute atomic E-state index is 0.0803. The molecule has 4 heterocycles. The highest BCUT2D eigenvalue weighted by Gasteiger charge is 2.21. The Morgan fingerprint density at radius 2 is 2.32 bits per heavy atom. The number of carbonyl (C=O) groups excluding carboxylic acids is 1. The molecule has 1 fully saturated rings. The molecule has 1 N–H and O–H groups in total. The smallest absolute Gasteiger partial charge is 0.261 e. The van der Waals surface area contributed by atoms with E-state index < -0.39 is 0 Å². The van der Waals surface area contributed by atoms with Gasteiger partial charge in [-0.25, -0.2) is 4.98 Å². The van der Waals surface area contributed by atoms with Gasteiger partial charge in [0.05, 0.1) is 29.4 Å². The third-order valence-corrected chi connectivity index (χ3v) is 5.95. The molecule has 0 bridgehead atoms. The number of nitrogens with one attached hydrogen (secondary N) is 1. The summed E-state index contributed by atoms with van der Waals surface area (Å²) in [6.45, 7) is 1.20. The third-order valence-electron chi connectivity index (χ3n) is 3.86. The van der Waals surface area contributed by atoms with Crippen LogP contribution < -0.4 is 5.32 Å². The highest BCUT2D eigenvalue weighted by atomic mass is 32.1. The average molecular weight is 372 g/mol. The van der Waals surface area contributed by atoms with Crippen LogP contribution in [0, 0.1) is 0 Å². The molecule has 3 aromatic rings. The molecule has 25 heavy (non-hydrogen) atoms. The fraction of sp³-hybridized carbons (Fsp3) is 0.294. The van der Waals surface area contributed by atoms with E-state index in [4.69, 9.17) is 4.74 Å². The molecule has 1 aliphatic heterocycles. The van der Waals surface area contributed by atoms with E-state index in [0.717, 1.165) is 40.7 Å². The van der Waals surface area contributed by atoms with E-state index in [-0.39, 0.29) is 12.0 Å². The predicted molar refractivity (Wildman–Crippen MR) is 96.6 cm³/mol. The summed E-state index contributed by atoms with van der Waals surface area (Å²) >= 11 is 2.99. The molecular formula is C17H16N4O2S2. The Hall–Kier alpha value is -2.16. The van der Waals surface area contributed by atoms with Crippen molar-refractivity contribution in [2.45, 2.75) is 25.5 Å². The molecule has 1 amide bonds. The van der Waals surface area contributed by atoms with Crippen molar-refractivity contribution in [2.24, 2.45) is 0 Å². The fourth-order valence-electron chi connectivity index (χ4n) is 2.62. The maximum absolute atomic E-state index is 12.3. The number of carbonyl (C=O) groups is 1. The molecule has 3 aromatic heterocycles. The zero-order valence-electron chi connectivity index (χ0n) is 13.3. The quantitative estimate of drug-likeness (QED) is 0.742. The molecule has 1 aliphatic rings. The predicted octanol–water partition coefficient (Wildman–Crippen LogP) is 3.44. The minimum atomic E-state index is -0.0803. The molecule has 0 radical (unpaired) electrons. The number of nitrogens with zero attached hydrogens (tertiary/aromatic N) is 3. The largest absolute Gasteiger partial charge is 0.373 e. The molecule has 4 rings (SSSR count). The summed E-state index contributed by atoms with van der Waals surface area (Å²) in [5, 5.41) is 5.65. The first-order valence-electron chi connectivity index (χ1n) is 8.00. The van der Waals surface area contributed by atoms with E-state index in [1.165, 1.54) is 22.7 Å². The molecule has 0 aromatic carbocycles. The normalized spacial score (nSPS) is 16.9. The number of aromatic nitrogens is 3. The van der Waals surface area contributed by atoms with Crippen LogP contribution in [0.3, 0.4) is 0 Å². The zero-order chi connectivity index (χ0) is 17.1. The summed E-state index contributed by atoms with van der Waals surface area (Å²) in [6.07, 6.45) is 7.22. The van der Waals surface area contributed by atoms with Crippen LogP contribution in [0.5, 0.6) is 0 Å². The maximum atomic E-state index is 12.3. The van der Waals surface area contributed by atoms with E-state index in [9.17, 15) is 4.79 Å². The van der Waals surface area contributed by atoms with Gasteiger partial charge >= 0.3 is 0 Å². The van der Waals surface area contributed by atoms with Crippen molar-refractivity contribution in [3.63, 3.8) is 0 Å². The van der Waals surface area contributed by atoms with Gasteiger partial charge in [-0.1, -0.05) is 0 Å². The Balaban J connectivity index is 1.37. The molecule has 6 nitrogen and oxygen atoms in total. The SMILES string of the molecule is O=C(NCc1csc(-c2cnccn2)n1)c1ccc([C@@H]2CCCO2)s1. The van der Waals surface area contributed by atoms with E-state index in [0.29, 0.717) is 11.4 Å². The molecule has 8 heteroatoms. The van der Waals surface area contributed by atoms with Crippen molar-refractivity contribution in [1.82, 2.24) is 20.3 Å². The van der Waals surface area contributed by atoms with E-state index in [1.807, 2.05) is 17.5 Å². The fourth-order valence-corrected chi connectivity index (χ4v) is 4.41. The van der Waals surface area contributed by atoms with Gasteiger partial charge in [0.2, 0.25) is 0 Å². The van der Waals surface area contributed by atoms with Crippen molar-refractivity contribution in [3.05, 3.63) is 51.6 Å². The Morgan fingerprint density at radius 3 is 3.12 bits per heavy atom. The summed E-state index contributed by atoms with van der Waals surface area (Å²) in [5.41, 5.74) is 1.56. The Kier molecular flexibility index (Phi) is 4.82. The number of thiophene rings is 1. The molecule has 0 unspecified atom stereocenters. The first-order valence-corrected chi connectivity index (χ1v) is 9.69. The first kappa shape index (κ1) is 16.3. The molecule has 128 valence electrons. The topological polar surface area (TPSA) is 77.0 Å². The van der Waals surface area contributed by atoms with Gasteiger partial charge in [0.15, 0.2) is 0 Å². The second kappa shape index (κ2) is 7.38. The van der Waals surface area contributed by atoms with E-state index >= 15 is 0 Å². The van der Waals surface area contributed by atoms with Gasteiger partial charge in [0.25, 0.3) is 5.91 Å². The lowest BCUT2D eigenvalue weighted by Gasteiger charge is -2.05. The average Bonchev–Trinajstić information content (AvgIpc) is 3.41. The highest BCUT2D eigenvalue weighted by molar-refractivity contribution is 7.14. The lowest BCUT2D eigenvalue weighted by molar-refractivity contribution is 0.0954. The zero-order valence-corrected chi connectivity index (χ0v) is 15.0. The first-order chi connectivity index (χ1) is 12.3. The van der Waals surface area contributed by atoms with Crippen LogP contribution in [0.2, 0.25) is 0 Å².